The van der Waals surface area contributed by atoms with Crippen LogP contribution in [0.3, 0.4) is 0 Å². The number of aromatic nitrogens is 4. The molecule has 0 aliphatic carbocycles. The molecule has 0 bridgehead atoms. The Morgan fingerprint density at radius 1 is 1.32 bits per heavy atom. The van der Waals surface area contributed by atoms with E-state index < -0.39 is 0 Å². The largest absolute Gasteiger partial charge is 0.363 e. The lowest BCUT2D eigenvalue weighted by Gasteiger charge is -2.04. The Morgan fingerprint density at radius 2 is 2.18 bits per heavy atom. The maximum Gasteiger partial charge on any atom is 0.256 e. The lowest BCUT2D eigenvalue weighted by atomic mass is 10.1. The Hall–Kier alpha value is -2.61. The highest BCUT2D eigenvalue weighted by atomic mass is 32.2. The van der Waals surface area contributed by atoms with Crippen LogP contribution in [0.4, 0.5) is 0 Å². The van der Waals surface area contributed by atoms with Gasteiger partial charge in [0, 0.05) is 17.9 Å². The van der Waals surface area contributed by atoms with Crippen molar-refractivity contribution >= 4 is 17.7 Å². The van der Waals surface area contributed by atoms with Gasteiger partial charge in [-0.25, -0.2) is 0 Å². The molecule has 0 atom stereocenters. The van der Waals surface area contributed by atoms with Crippen LogP contribution in [0.15, 0.2) is 52.3 Å². The summed E-state index contributed by atoms with van der Waals surface area (Å²) >= 11 is 1.51. The van der Waals surface area contributed by atoms with Crippen LogP contribution in [-0.4, -0.2) is 38.8 Å². The fraction of sp³-hybridized carbons (Fsp3) is 0.143. The van der Waals surface area contributed by atoms with E-state index in [1.54, 1.807) is 6.20 Å². The molecule has 0 fully saturated rings. The van der Waals surface area contributed by atoms with Gasteiger partial charge >= 0.3 is 0 Å². The summed E-state index contributed by atoms with van der Waals surface area (Å²) in [6.07, 6.45) is 3.00. The first-order valence-corrected chi connectivity index (χ1v) is 7.60. The molecule has 3 rings (SSSR count). The summed E-state index contributed by atoms with van der Waals surface area (Å²) in [6.45, 7) is 0.510. The summed E-state index contributed by atoms with van der Waals surface area (Å²) in [5, 5.41) is 17.7. The number of hydrogen-bond acceptors (Lipinski definition) is 6. The van der Waals surface area contributed by atoms with E-state index in [9.17, 15) is 4.79 Å². The van der Waals surface area contributed by atoms with Gasteiger partial charge in [-0.3, -0.25) is 4.79 Å². The van der Waals surface area contributed by atoms with Crippen LogP contribution in [0, 0.1) is 0 Å². The molecule has 2 aromatic heterocycles. The van der Waals surface area contributed by atoms with Gasteiger partial charge in [-0.05, 0) is 0 Å². The fourth-order valence-electron chi connectivity index (χ4n) is 1.88. The predicted molar refractivity (Wildman–Crippen MR) is 81.4 cm³/mol. The average molecular weight is 315 g/mol. The van der Waals surface area contributed by atoms with Crippen molar-refractivity contribution in [3.05, 3.63) is 48.4 Å². The van der Waals surface area contributed by atoms with Crippen molar-refractivity contribution in [1.29, 1.82) is 0 Å². The van der Waals surface area contributed by atoms with Crippen LogP contribution in [0.25, 0.3) is 11.3 Å². The first-order valence-electron chi connectivity index (χ1n) is 6.61. The lowest BCUT2D eigenvalue weighted by molar-refractivity contribution is 0.0956. The topological polar surface area (TPSA) is 96.7 Å². The molecule has 1 aromatic carbocycles. The minimum Gasteiger partial charge on any atom is -0.363 e. The third-order valence-corrected chi connectivity index (χ3v) is 3.79. The summed E-state index contributed by atoms with van der Waals surface area (Å²) in [7, 11) is 0. The predicted octanol–water partition coefficient (Wildman–Crippen LogP) is 1.98. The molecular weight excluding hydrogens is 302 g/mol. The minimum atomic E-state index is -0.208. The number of carbonyl (C=O) groups is 1. The number of amides is 1. The van der Waals surface area contributed by atoms with Crippen molar-refractivity contribution in [2.75, 3.05) is 12.3 Å². The SMILES string of the molecule is O=C(NCCSc1cn[nH]n1)c1conc1-c1ccccc1. The molecule has 0 radical (unpaired) electrons. The number of benzene rings is 1. The van der Waals surface area contributed by atoms with Crippen molar-refractivity contribution in [3.8, 4) is 11.3 Å². The highest BCUT2D eigenvalue weighted by Crippen LogP contribution is 2.21. The monoisotopic (exact) mass is 315 g/mol. The van der Waals surface area contributed by atoms with Gasteiger partial charge in [0.25, 0.3) is 5.91 Å². The van der Waals surface area contributed by atoms with Gasteiger partial charge in [0.2, 0.25) is 0 Å². The van der Waals surface area contributed by atoms with E-state index in [1.807, 2.05) is 30.3 Å². The normalized spacial score (nSPS) is 10.5. The minimum absolute atomic E-state index is 0.208. The van der Waals surface area contributed by atoms with Crippen LogP contribution < -0.4 is 5.32 Å². The molecule has 22 heavy (non-hydrogen) atoms. The molecule has 0 spiro atoms. The quantitative estimate of drug-likeness (QED) is 0.533. The molecule has 0 aliphatic rings. The van der Waals surface area contributed by atoms with E-state index >= 15 is 0 Å². The molecule has 2 heterocycles. The van der Waals surface area contributed by atoms with Crippen LogP contribution in [0.2, 0.25) is 0 Å². The molecule has 1 amide bonds. The fourth-order valence-corrected chi connectivity index (χ4v) is 2.52. The van der Waals surface area contributed by atoms with E-state index in [2.05, 4.69) is 25.9 Å². The second-order valence-electron chi connectivity index (χ2n) is 4.36. The average Bonchev–Trinajstić information content (AvgIpc) is 3.23. The molecule has 0 unspecified atom stereocenters. The summed E-state index contributed by atoms with van der Waals surface area (Å²) in [4.78, 5) is 12.2. The van der Waals surface area contributed by atoms with Gasteiger partial charge in [-0.15, -0.1) is 16.9 Å². The maximum absolute atomic E-state index is 12.2. The van der Waals surface area contributed by atoms with Gasteiger partial charge in [-0.2, -0.15) is 10.3 Å². The maximum atomic E-state index is 12.2. The molecule has 2 N–H and O–H groups in total. The number of hydrogen-bond donors (Lipinski definition) is 2. The number of thioether (sulfide) groups is 1. The summed E-state index contributed by atoms with van der Waals surface area (Å²) in [5.41, 5.74) is 1.82. The molecule has 0 saturated carbocycles. The van der Waals surface area contributed by atoms with E-state index in [1.165, 1.54) is 18.0 Å². The number of H-pyrrole nitrogens is 1. The smallest absolute Gasteiger partial charge is 0.256 e. The lowest BCUT2D eigenvalue weighted by Crippen LogP contribution is -2.25. The van der Waals surface area contributed by atoms with Crippen molar-refractivity contribution < 1.29 is 9.32 Å². The number of rotatable bonds is 6. The third kappa shape index (κ3) is 3.34. The first-order chi connectivity index (χ1) is 10.8. The zero-order chi connectivity index (χ0) is 15.2. The summed E-state index contributed by atoms with van der Waals surface area (Å²) in [6, 6.07) is 9.45. The van der Waals surface area contributed by atoms with Gasteiger partial charge < -0.3 is 9.84 Å². The van der Waals surface area contributed by atoms with Crippen LogP contribution in [0.5, 0.6) is 0 Å². The Morgan fingerprint density at radius 3 is 2.95 bits per heavy atom. The zero-order valence-corrected chi connectivity index (χ0v) is 12.3. The molecular formula is C14H13N5O2S. The van der Waals surface area contributed by atoms with Gasteiger partial charge in [0.15, 0.2) is 0 Å². The Bertz CT molecular complexity index is 727. The van der Waals surface area contributed by atoms with E-state index in [4.69, 9.17) is 4.52 Å². The van der Waals surface area contributed by atoms with Gasteiger partial charge in [-0.1, -0.05) is 35.5 Å². The summed E-state index contributed by atoms with van der Waals surface area (Å²) in [5.74, 6) is 0.491. The molecule has 8 heteroatoms. The second-order valence-corrected chi connectivity index (χ2v) is 5.47. The van der Waals surface area contributed by atoms with E-state index in [-0.39, 0.29) is 5.91 Å². The van der Waals surface area contributed by atoms with Crippen LogP contribution in [-0.2, 0) is 0 Å². The van der Waals surface area contributed by atoms with E-state index in [0.29, 0.717) is 23.6 Å². The highest BCUT2D eigenvalue weighted by molar-refractivity contribution is 7.99. The Kier molecular flexibility index (Phi) is 4.50. The Balaban J connectivity index is 1.58. The van der Waals surface area contributed by atoms with Crippen LogP contribution >= 0.6 is 11.8 Å². The molecule has 3 aromatic rings. The standard InChI is InChI=1S/C14H13N5O2S/c20-14(15-6-7-22-12-8-16-19-17-12)11-9-21-18-13(11)10-4-2-1-3-5-10/h1-5,8-9H,6-7H2,(H,15,20)(H,16,17,19). The molecule has 112 valence electrons. The van der Waals surface area contributed by atoms with Crippen LogP contribution in [0.1, 0.15) is 10.4 Å². The molecule has 0 saturated heterocycles. The molecule has 7 nitrogen and oxygen atoms in total. The van der Waals surface area contributed by atoms with Gasteiger partial charge in [0.1, 0.15) is 22.5 Å². The Labute approximate surface area is 130 Å². The number of nitrogens with one attached hydrogen (secondary N) is 2. The second kappa shape index (κ2) is 6.90. The third-order valence-electron chi connectivity index (χ3n) is 2.89. The van der Waals surface area contributed by atoms with Crippen molar-refractivity contribution in [3.63, 3.8) is 0 Å². The highest BCUT2D eigenvalue weighted by Gasteiger charge is 2.16. The molecule has 0 aliphatic heterocycles. The van der Waals surface area contributed by atoms with E-state index in [0.717, 1.165) is 10.6 Å². The zero-order valence-electron chi connectivity index (χ0n) is 11.5. The number of carbonyl (C=O) groups excluding carboxylic acids is 1. The van der Waals surface area contributed by atoms with Crippen molar-refractivity contribution in [1.82, 2.24) is 25.9 Å². The number of aromatic amines is 1. The van der Waals surface area contributed by atoms with Crippen molar-refractivity contribution in [2.45, 2.75) is 5.03 Å². The summed E-state index contributed by atoms with van der Waals surface area (Å²) < 4.78 is 4.95. The number of nitrogens with zero attached hydrogens (tertiary/aromatic N) is 3. The van der Waals surface area contributed by atoms with Gasteiger partial charge in [0.05, 0.1) is 6.20 Å². The first kappa shape index (κ1) is 14.3. The van der Waals surface area contributed by atoms with Crippen molar-refractivity contribution in [2.24, 2.45) is 0 Å².